The number of tetrazole rings is 1. The number of amides is 1. The van der Waals surface area contributed by atoms with Crippen LogP contribution in [0.3, 0.4) is 0 Å². The van der Waals surface area contributed by atoms with Crippen LogP contribution in [-0.4, -0.2) is 56.7 Å². The van der Waals surface area contributed by atoms with E-state index in [2.05, 4.69) is 20.6 Å². The van der Waals surface area contributed by atoms with E-state index in [1.165, 1.54) is 4.90 Å². The molecule has 0 atom stereocenters. The molecule has 0 bridgehead atoms. The number of nitrogens with zero attached hydrogens (tertiary/aromatic N) is 4. The maximum absolute atomic E-state index is 12.0. The Labute approximate surface area is 103 Å². The molecule has 0 radical (unpaired) electrons. The Hall–Kier alpha value is -2.28. The second kappa shape index (κ2) is 5.37. The van der Waals surface area contributed by atoms with E-state index in [4.69, 9.17) is 5.11 Å². The molecule has 7 heteroatoms. The number of nitrogens with one attached hydrogen (secondary N) is 1. The van der Waals surface area contributed by atoms with E-state index in [9.17, 15) is 4.79 Å². The molecule has 1 amide bonds. The minimum absolute atomic E-state index is 0.0627. The van der Waals surface area contributed by atoms with E-state index < -0.39 is 0 Å². The Morgan fingerprint density at radius 3 is 3.00 bits per heavy atom. The summed E-state index contributed by atoms with van der Waals surface area (Å²) in [5.74, 6) is 0.281. The third-order valence-corrected chi connectivity index (χ3v) is 2.50. The Morgan fingerprint density at radius 2 is 2.33 bits per heavy atom. The average Bonchev–Trinajstić information content (AvgIpc) is 2.92. The summed E-state index contributed by atoms with van der Waals surface area (Å²) in [4.78, 5) is 13.5. The van der Waals surface area contributed by atoms with Crippen LogP contribution in [0.1, 0.15) is 10.4 Å². The molecule has 1 aromatic heterocycles. The number of hydrogen-bond donors (Lipinski definition) is 2. The minimum atomic E-state index is -0.158. The van der Waals surface area contributed by atoms with Crippen LogP contribution >= 0.6 is 0 Å². The van der Waals surface area contributed by atoms with Crippen LogP contribution in [0.5, 0.6) is 0 Å². The topological polar surface area (TPSA) is 95.0 Å². The molecule has 2 rings (SSSR count). The minimum Gasteiger partial charge on any atom is -0.395 e. The fraction of sp³-hybridized carbons (Fsp3) is 0.273. The highest BCUT2D eigenvalue weighted by Crippen LogP contribution is 2.15. The highest BCUT2D eigenvalue weighted by Gasteiger charge is 2.12. The number of benzene rings is 1. The van der Waals surface area contributed by atoms with Crippen molar-refractivity contribution in [1.29, 1.82) is 0 Å². The summed E-state index contributed by atoms with van der Waals surface area (Å²) in [6.45, 7) is 0.234. The molecule has 0 spiro atoms. The van der Waals surface area contributed by atoms with E-state index in [0.29, 0.717) is 23.5 Å². The zero-order valence-electron chi connectivity index (χ0n) is 9.87. The lowest BCUT2D eigenvalue weighted by atomic mass is 10.1. The number of likely N-dealkylation sites (N-methyl/N-ethyl adjacent to an activating group) is 1. The predicted molar refractivity (Wildman–Crippen MR) is 63.7 cm³/mol. The molecule has 1 aromatic carbocycles. The molecule has 0 unspecified atom stereocenters. The van der Waals surface area contributed by atoms with Crippen LogP contribution in [0, 0.1) is 0 Å². The van der Waals surface area contributed by atoms with Gasteiger partial charge in [0.15, 0.2) is 0 Å². The lowest BCUT2D eigenvalue weighted by Crippen LogP contribution is -2.29. The van der Waals surface area contributed by atoms with Gasteiger partial charge >= 0.3 is 0 Å². The zero-order valence-corrected chi connectivity index (χ0v) is 9.87. The monoisotopic (exact) mass is 247 g/mol. The number of aromatic nitrogens is 4. The maximum Gasteiger partial charge on any atom is 0.253 e. The first-order valence-corrected chi connectivity index (χ1v) is 5.42. The average molecular weight is 247 g/mol. The molecule has 0 aliphatic heterocycles. The second-order valence-corrected chi connectivity index (χ2v) is 3.77. The van der Waals surface area contributed by atoms with Crippen molar-refractivity contribution in [2.24, 2.45) is 0 Å². The fourth-order valence-corrected chi connectivity index (χ4v) is 1.55. The summed E-state index contributed by atoms with van der Waals surface area (Å²) in [6, 6.07) is 6.96. The van der Waals surface area contributed by atoms with Gasteiger partial charge in [-0.15, -0.1) is 10.2 Å². The number of aliphatic hydroxyl groups excluding tert-OH is 1. The lowest BCUT2D eigenvalue weighted by molar-refractivity contribution is 0.0767. The van der Waals surface area contributed by atoms with Crippen LogP contribution in [0.15, 0.2) is 24.3 Å². The molecule has 94 valence electrons. The SMILES string of the molecule is CN(CCO)C(=O)c1cccc(-c2nn[nH]n2)c1. The van der Waals surface area contributed by atoms with Gasteiger partial charge in [0.2, 0.25) is 5.82 Å². The van der Waals surface area contributed by atoms with Gasteiger partial charge in [0.1, 0.15) is 0 Å². The molecule has 0 aliphatic carbocycles. The summed E-state index contributed by atoms with van der Waals surface area (Å²) in [5, 5.41) is 22.4. The Morgan fingerprint density at radius 1 is 1.50 bits per heavy atom. The first-order chi connectivity index (χ1) is 8.72. The van der Waals surface area contributed by atoms with Gasteiger partial charge in [-0.25, -0.2) is 0 Å². The van der Waals surface area contributed by atoms with Gasteiger partial charge in [0.05, 0.1) is 6.61 Å². The number of aliphatic hydroxyl groups is 1. The fourth-order valence-electron chi connectivity index (χ4n) is 1.55. The van der Waals surface area contributed by atoms with E-state index in [1.807, 2.05) is 0 Å². The summed E-state index contributed by atoms with van der Waals surface area (Å²) in [6.07, 6.45) is 0. The molecule has 18 heavy (non-hydrogen) atoms. The van der Waals surface area contributed by atoms with Crippen LogP contribution in [0.25, 0.3) is 11.4 Å². The van der Waals surface area contributed by atoms with E-state index >= 15 is 0 Å². The standard InChI is InChI=1S/C11H13N5O2/c1-16(5-6-17)11(18)9-4-2-3-8(7-9)10-12-14-15-13-10/h2-4,7,17H,5-6H2,1H3,(H,12,13,14,15). The van der Waals surface area contributed by atoms with Gasteiger partial charge in [0.25, 0.3) is 5.91 Å². The van der Waals surface area contributed by atoms with Gasteiger partial charge in [-0.2, -0.15) is 5.21 Å². The van der Waals surface area contributed by atoms with Crippen LogP contribution in [-0.2, 0) is 0 Å². The molecular formula is C11H13N5O2. The van der Waals surface area contributed by atoms with Gasteiger partial charge in [-0.1, -0.05) is 12.1 Å². The third kappa shape index (κ3) is 2.51. The smallest absolute Gasteiger partial charge is 0.253 e. The van der Waals surface area contributed by atoms with Gasteiger partial charge in [-0.05, 0) is 17.3 Å². The second-order valence-electron chi connectivity index (χ2n) is 3.77. The first-order valence-electron chi connectivity index (χ1n) is 5.42. The maximum atomic E-state index is 12.0. The molecule has 0 aliphatic rings. The summed E-state index contributed by atoms with van der Waals surface area (Å²) in [5.41, 5.74) is 1.24. The van der Waals surface area contributed by atoms with Crippen molar-refractivity contribution in [3.8, 4) is 11.4 Å². The number of H-pyrrole nitrogens is 1. The lowest BCUT2D eigenvalue weighted by Gasteiger charge is -2.15. The summed E-state index contributed by atoms with van der Waals surface area (Å²) < 4.78 is 0. The van der Waals surface area contributed by atoms with E-state index in [1.54, 1.807) is 31.3 Å². The van der Waals surface area contributed by atoms with Crippen molar-refractivity contribution in [2.45, 2.75) is 0 Å². The zero-order chi connectivity index (χ0) is 13.0. The molecule has 2 N–H and O–H groups in total. The Balaban J connectivity index is 2.25. The number of carbonyl (C=O) groups is 1. The van der Waals surface area contributed by atoms with E-state index in [-0.39, 0.29) is 12.5 Å². The Bertz CT molecular complexity index is 526. The molecule has 7 nitrogen and oxygen atoms in total. The molecule has 0 saturated carbocycles. The molecular weight excluding hydrogens is 234 g/mol. The van der Waals surface area contributed by atoms with Gasteiger partial charge in [0, 0.05) is 24.7 Å². The van der Waals surface area contributed by atoms with Crippen LogP contribution in [0.2, 0.25) is 0 Å². The van der Waals surface area contributed by atoms with Crippen molar-refractivity contribution in [1.82, 2.24) is 25.5 Å². The summed E-state index contributed by atoms with van der Waals surface area (Å²) >= 11 is 0. The van der Waals surface area contributed by atoms with Gasteiger partial charge in [-0.3, -0.25) is 4.79 Å². The molecule has 0 fully saturated rings. The van der Waals surface area contributed by atoms with Crippen molar-refractivity contribution < 1.29 is 9.90 Å². The number of rotatable bonds is 4. The van der Waals surface area contributed by atoms with Crippen molar-refractivity contribution >= 4 is 5.91 Å². The highest BCUT2D eigenvalue weighted by atomic mass is 16.3. The van der Waals surface area contributed by atoms with Crippen molar-refractivity contribution in [2.75, 3.05) is 20.2 Å². The Kier molecular flexibility index (Phi) is 3.63. The summed E-state index contributed by atoms with van der Waals surface area (Å²) in [7, 11) is 1.64. The quantitative estimate of drug-likeness (QED) is 0.788. The largest absolute Gasteiger partial charge is 0.395 e. The predicted octanol–water partition coefficient (Wildman–Crippen LogP) is -0.0690. The molecule has 2 aromatic rings. The molecule has 0 saturated heterocycles. The van der Waals surface area contributed by atoms with Crippen molar-refractivity contribution in [3.63, 3.8) is 0 Å². The third-order valence-electron chi connectivity index (χ3n) is 2.50. The normalized spacial score (nSPS) is 10.3. The number of carbonyl (C=O) groups excluding carboxylic acids is 1. The van der Waals surface area contributed by atoms with Crippen LogP contribution in [0.4, 0.5) is 0 Å². The van der Waals surface area contributed by atoms with Gasteiger partial charge < -0.3 is 10.0 Å². The van der Waals surface area contributed by atoms with Crippen LogP contribution < -0.4 is 0 Å². The molecule has 1 heterocycles. The number of hydrogen-bond acceptors (Lipinski definition) is 5. The van der Waals surface area contributed by atoms with E-state index in [0.717, 1.165) is 0 Å². The van der Waals surface area contributed by atoms with Crippen molar-refractivity contribution in [3.05, 3.63) is 29.8 Å². The first kappa shape index (κ1) is 12.2. The number of aromatic amines is 1. The highest BCUT2D eigenvalue weighted by molar-refractivity contribution is 5.95.